The van der Waals surface area contributed by atoms with Crippen molar-refractivity contribution in [3.63, 3.8) is 0 Å². The van der Waals surface area contributed by atoms with Crippen LogP contribution in [0.1, 0.15) is 32.8 Å². The van der Waals surface area contributed by atoms with Crippen LogP contribution in [0.25, 0.3) is 0 Å². The van der Waals surface area contributed by atoms with Crippen LogP contribution in [0.3, 0.4) is 0 Å². The largest absolute Gasteiger partial charge is 0.397 e. The summed E-state index contributed by atoms with van der Waals surface area (Å²) in [5, 5.41) is 6.32. The van der Waals surface area contributed by atoms with Gasteiger partial charge in [0.1, 0.15) is 0 Å². The van der Waals surface area contributed by atoms with E-state index in [-0.39, 0.29) is 5.91 Å². The van der Waals surface area contributed by atoms with Crippen LogP contribution in [0.2, 0.25) is 0 Å². The molecule has 4 heteroatoms. The van der Waals surface area contributed by atoms with E-state index in [0.717, 1.165) is 23.4 Å². The van der Waals surface area contributed by atoms with E-state index in [1.54, 1.807) is 0 Å². The fourth-order valence-electron chi connectivity index (χ4n) is 2.36. The highest BCUT2D eigenvalue weighted by Crippen LogP contribution is 2.32. The van der Waals surface area contributed by atoms with E-state index in [4.69, 9.17) is 5.73 Å². The lowest BCUT2D eigenvalue weighted by atomic mass is 10.0. The van der Waals surface area contributed by atoms with Crippen LogP contribution < -0.4 is 16.4 Å². The van der Waals surface area contributed by atoms with Crippen LogP contribution in [0.5, 0.6) is 0 Å². The Morgan fingerprint density at radius 3 is 2.78 bits per heavy atom. The number of nitrogens with two attached hydrogens (primary N) is 1. The molecule has 4 N–H and O–H groups in total. The molecule has 0 aliphatic carbocycles. The van der Waals surface area contributed by atoms with Crippen LogP contribution in [-0.4, -0.2) is 11.9 Å². The molecule has 0 bridgehead atoms. The smallest absolute Gasteiger partial charge is 0.228 e. The lowest BCUT2D eigenvalue weighted by molar-refractivity contribution is -0.115. The molecule has 18 heavy (non-hydrogen) atoms. The topological polar surface area (TPSA) is 67.1 Å². The molecule has 1 aliphatic rings. The molecule has 0 aromatic heterocycles. The second-order valence-electron chi connectivity index (χ2n) is 5.22. The molecule has 1 aromatic carbocycles. The number of benzene rings is 1. The molecule has 1 atom stereocenters. The van der Waals surface area contributed by atoms with Gasteiger partial charge in [-0.25, -0.2) is 0 Å². The predicted molar refractivity (Wildman–Crippen MR) is 75.7 cm³/mol. The van der Waals surface area contributed by atoms with Crippen LogP contribution in [-0.2, 0) is 11.2 Å². The van der Waals surface area contributed by atoms with E-state index in [1.807, 2.05) is 12.1 Å². The normalized spacial score (nSPS) is 15.4. The van der Waals surface area contributed by atoms with Gasteiger partial charge in [-0.15, -0.1) is 0 Å². The van der Waals surface area contributed by atoms with Crippen LogP contribution in [0.4, 0.5) is 17.1 Å². The van der Waals surface area contributed by atoms with Gasteiger partial charge in [-0.2, -0.15) is 0 Å². The number of anilines is 3. The fourth-order valence-corrected chi connectivity index (χ4v) is 2.36. The van der Waals surface area contributed by atoms with Gasteiger partial charge >= 0.3 is 0 Å². The number of carbonyl (C=O) groups is 1. The molecule has 1 unspecified atom stereocenters. The highest BCUT2D eigenvalue weighted by molar-refractivity contribution is 6.00. The maximum atomic E-state index is 11.3. The van der Waals surface area contributed by atoms with Gasteiger partial charge in [-0.1, -0.05) is 20.8 Å². The lowest BCUT2D eigenvalue weighted by Crippen LogP contribution is -2.25. The third-order valence-corrected chi connectivity index (χ3v) is 3.49. The first-order chi connectivity index (χ1) is 8.51. The highest BCUT2D eigenvalue weighted by Gasteiger charge is 2.20. The van der Waals surface area contributed by atoms with Gasteiger partial charge in [0, 0.05) is 11.7 Å². The first-order valence-electron chi connectivity index (χ1n) is 6.50. The first kappa shape index (κ1) is 12.7. The number of nitrogens with one attached hydrogen (secondary N) is 2. The Kier molecular flexibility index (Phi) is 3.45. The van der Waals surface area contributed by atoms with Gasteiger partial charge in [0.25, 0.3) is 0 Å². The average Bonchev–Trinajstić information content (AvgIpc) is 2.64. The summed E-state index contributed by atoms with van der Waals surface area (Å²) in [6, 6.07) is 4.23. The monoisotopic (exact) mass is 247 g/mol. The minimum atomic E-state index is 0.0393. The van der Waals surface area contributed by atoms with Gasteiger partial charge in [-0.05, 0) is 30.0 Å². The van der Waals surface area contributed by atoms with Gasteiger partial charge in [-0.3, -0.25) is 4.79 Å². The lowest BCUT2D eigenvalue weighted by Gasteiger charge is -2.23. The number of fused-ring (bicyclic) bond motifs is 1. The summed E-state index contributed by atoms with van der Waals surface area (Å²) in [5.41, 5.74) is 9.54. The van der Waals surface area contributed by atoms with Crippen molar-refractivity contribution in [1.29, 1.82) is 0 Å². The van der Waals surface area contributed by atoms with Crippen molar-refractivity contribution in [2.24, 2.45) is 5.92 Å². The van der Waals surface area contributed by atoms with Crippen molar-refractivity contribution < 1.29 is 4.79 Å². The standard InChI is InChI=1S/C14H21N3O/c1-4-11(8(2)3)16-13-7-12-9(5-10(13)15)6-14(18)17-12/h5,7-8,11,16H,4,6,15H2,1-3H3,(H,17,18). The molecule has 1 heterocycles. The molecule has 0 saturated heterocycles. The maximum Gasteiger partial charge on any atom is 0.228 e. The zero-order valence-electron chi connectivity index (χ0n) is 11.2. The van der Waals surface area contributed by atoms with Crippen LogP contribution in [0, 0.1) is 5.92 Å². The molecule has 1 amide bonds. The number of carbonyl (C=O) groups excluding carboxylic acids is 1. The van der Waals surface area contributed by atoms with E-state index in [0.29, 0.717) is 24.1 Å². The SMILES string of the molecule is CCC(Nc1cc2c(cc1N)CC(=O)N2)C(C)C. The molecular formula is C14H21N3O. The number of rotatable bonds is 4. The number of hydrogen-bond donors (Lipinski definition) is 3. The Labute approximate surface area is 108 Å². The zero-order chi connectivity index (χ0) is 13.3. The van der Waals surface area contributed by atoms with Gasteiger partial charge in [0.15, 0.2) is 0 Å². The summed E-state index contributed by atoms with van der Waals surface area (Å²) in [7, 11) is 0. The Morgan fingerprint density at radius 2 is 2.17 bits per heavy atom. The summed E-state index contributed by atoms with van der Waals surface area (Å²) < 4.78 is 0. The first-order valence-corrected chi connectivity index (χ1v) is 6.50. The Morgan fingerprint density at radius 1 is 1.44 bits per heavy atom. The summed E-state index contributed by atoms with van der Waals surface area (Å²) in [6.45, 7) is 6.53. The highest BCUT2D eigenvalue weighted by atomic mass is 16.1. The molecule has 98 valence electrons. The van der Waals surface area contributed by atoms with Crippen molar-refractivity contribution in [2.75, 3.05) is 16.4 Å². The van der Waals surface area contributed by atoms with Crippen molar-refractivity contribution in [3.05, 3.63) is 17.7 Å². The molecule has 0 fully saturated rings. The van der Waals surface area contributed by atoms with Crippen molar-refractivity contribution >= 4 is 23.0 Å². The molecule has 0 radical (unpaired) electrons. The minimum absolute atomic E-state index is 0.0393. The van der Waals surface area contributed by atoms with E-state index in [1.165, 1.54) is 0 Å². The van der Waals surface area contributed by atoms with E-state index < -0.39 is 0 Å². The maximum absolute atomic E-state index is 11.3. The summed E-state index contributed by atoms with van der Waals surface area (Å²) in [6.07, 6.45) is 1.47. The quantitative estimate of drug-likeness (QED) is 0.716. The van der Waals surface area contributed by atoms with Crippen molar-refractivity contribution in [3.8, 4) is 0 Å². The molecule has 0 spiro atoms. The van der Waals surface area contributed by atoms with Crippen molar-refractivity contribution in [1.82, 2.24) is 0 Å². The van der Waals surface area contributed by atoms with E-state index >= 15 is 0 Å². The number of amides is 1. The summed E-state index contributed by atoms with van der Waals surface area (Å²) in [5.74, 6) is 0.578. The molecule has 0 saturated carbocycles. The second-order valence-corrected chi connectivity index (χ2v) is 5.22. The van der Waals surface area contributed by atoms with Gasteiger partial charge in [0.05, 0.1) is 17.8 Å². The molecular weight excluding hydrogens is 226 g/mol. The molecule has 1 aromatic rings. The van der Waals surface area contributed by atoms with Gasteiger partial charge < -0.3 is 16.4 Å². The van der Waals surface area contributed by atoms with Crippen LogP contribution >= 0.6 is 0 Å². The second kappa shape index (κ2) is 4.88. The fraction of sp³-hybridized carbons (Fsp3) is 0.500. The molecule has 4 nitrogen and oxygen atoms in total. The number of nitrogen functional groups attached to an aromatic ring is 1. The summed E-state index contributed by atoms with van der Waals surface area (Å²) >= 11 is 0. The predicted octanol–water partition coefficient (Wildman–Crippen LogP) is 2.61. The average molecular weight is 247 g/mol. The Bertz CT molecular complexity index is 468. The van der Waals surface area contributed by atoms with Gasteiger partial charge in [0.2, 0.25) is 5.91 Å². The van der Waals surface area contributed by atoms with E-state index in [9.17, 15) is 4.79 Å². The molecule has 2 rings (SSSR count). The zero-order valence-corrected chi connectivity index (χ0v) is 11.2. The third kappa shape index (κ3) is 2.42. The summed E-state index contributed by atoms with van der Waals surface area (Å²) in [4.78, 5) is 11.3. The van der Waals surface area contributed by atoms with E-state index in [2.05, 4.69) is 31.4 Å². The Balaban J connectivity index is 2.24. The minimum Gasteiger partial charge on any atom is -0.397 e. The van der Waals surface area contributed by atoms with Crippen molar-refractivity contribution in [2.45, 2.75) is 39.7 Å². The van der Waals surface area contributed by atoms with Crippen LogP contribution in [0.15, 0.2) is 12.1 Å². The molecule has 1 aliphatic heterocycles. The Hall–Kier alpha value is -1.71. The number of hydrogen-bond acceptors (Lipinski definition) is 3. The third-order valence-electron chi connectivity index (χ3n) is 3.49.